The first-order valence-electron chi connectivity index (χ1n) is 8.91. The van der Waals surface area contributed by atoms with E-state index >= 15 is 0 Å². The first-order valence-corrected chi connectivity index (χ1v) is 8.91. The van der Waals surface area contributed by atoms with E-state index in [0.717, 1.165) is 17.0 Å². The Kier molecular flexibility index (Phi) is 4.74. The van der Waals surface area contributed by atoms with Crippen LogP contribution in [0.1, 0.15) is 6.42 Å². The molecule has 2 aromatic rings. The Morgan fingerprint density at radius 3 is 2.54 bits per heavy atom. The molecule has 1 aromatic carbocycles. The highest BCUT2D eigenvalue weighted by Gasteiger charge is 2.47. The number of nitrogens with zero attached hydrogens (tertiary/aromatic N) is 4. The normalized spacial score (nSPS) is 20.2. The molecular formula is C18H18F4N4O2. The van der Waals surface area contributed by atoms with Gasteiger partial charge in [0, 0.05) is 31.4 Å². The van der Waals surface area contributed by atoms with Crippen LogP contribution in [0.5, 0.6) is 0 Å². The molecule has 0 radical (unpaired) electrons. The van der Waals surface area contributed by atoms with Gasteiger partial charge in [-0.25, -0.2) is 4.39 Å². The molecule has 0 saturated carbocycles. The summed E-state index contributed by atoms with van der Waals surface area (Å²) in [6, 6.07) is 4.31. The van der Waals surface area contributed by atoms with E-state index in [1.807, 2.05) is 0 Å². The molecule has 0 amide bonds. The van der Waals surface area contributed by atoms with E-state index in [4.69, 9.17) is 4.74 Å². The van der Waals surface area contributed by atoms with E-state index in [2.05, 4.69) is 4.98 Å². The van der Waals surface area contributed by atoms with E-state index in [0.29, 0.717) is 32.1 Å². The zero-order valence-corrected chi connectivity index (χ0v) is 14.8. The van der Waals surface area contributed by atoms with Crippen LogP contribution in [0.2, 0.25) is 0 Å². The van der Waals surface area contributed by atoms with Crippen molar-refractivity contribution in [3.8, 4) is 0 Å². The lowest BCUT2D eigenvalue weighted by molar-refractivity contribution is -0.150. The minimum Gasteiger partial charge on any atom is -0.378 e. The van der Waals surface area contributed by atoms with Gasteiger partial charge in [0.25, 0.3) is 5.56 Å². The number of anilines is 3. The number of fused-ring (bicyclic) bond motifs is 1. The molecule has 1 saturated heterocycles. The quantitative estimate of drug-likeness (QED) is 0.729. The Bertz CT molecular complexity index is 925. The molecule has 1 atom stereocenters. The largest absolute Gasteiger partial charge is 0.409 e. The van der Waals surface area contributed by atoms with Gasteiger partial charge in [-0.2, -0.15) is 18.2 Å². The predicted octanol–water partition coefficient (Wildman–Crippen LogP) is 2.69. The third-order valence-electron chi connectivity index (χ3n) is 4.93. The van der Waals surface area contributed by atoms with E-state index in [9.17, 15) is 22.4 Å². The number of alkyl halides is 3. The number of benzene rings is 1. The van der Waals surface area contributed by atoms with Crippen LogP contribution in [0.25, 0.3) is 0 Å². The summed E-state index contributed by atoms with van der Waals surface area (Å²) in [5.41, 5.74) is -0.435. The third kappa shape index (κ3) is 3.44. The minimum atomic E-state index is -4.57. The minimum absolute atomic E-state index is 0.00167. The monoisotopic (exact) mass is 398 g/mol. The SMILES string of the molecule is O=c1cc(N2CCOCC2)nc2n1CC[C@@H](C(F)(F)F)N2c1cccc(F)c1. The summed E-state index contributed by atoms with van der Waals surface area (Å²) in [4.78, 5) is 19.7. The molecule has 1 aromatic heterocycles. The molecule has 0 aliphatic carbocycles. The van der Waals surface area contributed by atoms with Crippen molar-refractivity contribution in [3.05, 3.63) is 46.5 Å². The van der Waals surface area contributed by atoms with Gasteiger partial charge in [-0.1, -0.05) is 6.07 Å². The van der Waals surface area contributed by atoms with Crippen molar-refractivity contribution in [3.63, 3.8) is 0 Å². The average molecular weight is 398 g/mol. The van der Waals surface area contributed by atoms with Crippen LogP contribution in [-0.2, 0) is 11.3 Å². The van der Waals surface area contributed by atoms with Crippen molar-refractivity contribution in [2.24, 2.45) is 0 Å². The molecule has 0 N–H and O–H groups in total. The number of morpholine rings is 1. The summed E-state index contributed by atoms with van der Waals surface area (Å²) in [7, 11) is 0. The lowest BCUT2D eigenvalue weighted by atomic mass is 10.1. The second-order valence-electron chi connectivity index (χ2n) is 6.70. The van der Waals surface area contributed by atoms with Crippen molar-refractivity contribution in [1.29, 1.82) is 0 Å². The van der Waals surface area contributed by atoms with Gasteiger partial charge in [0.1, 0.15) is 17.7 Å². The Labute approximate surface area is 158 Å². The molecule has 150 valence electrons. The van der Waals surface area contributed by atoms with E-state index in [1.54, 1.807) is 4.90 Å². The van der Waals surface area contributed by atoms with Crippen LogP contribution in [-0.4, -0.2) is 48.1 Å². The average Bonchev–Trinajstić information content (AvgIpc) is 2.67. The second-order valence-corrected chi connectivity index (χ2v) is 6.70. The maximum atomic E-state index is 13.8. The van der Waals surface area contributed by atoms with Gasteiger partial charge in [0.15, 0.2) is 0 Å². The Balaban J connectivity index is 1.86. The van der Waals surface area contributed by atoms with Gasteiger partial charge in [0.05, 0.1) is 13.2 Å². The Morgan fingerprint density at radius 2 is 1.86 bits per heavy atom. The highest BCUT2D eigenvalue weighted by molar-refractivity contribution is 5.61. The van der Waals surface area contributed by atoms with Crippen molar-refractivity contribution < 1.29 is 22.3 Å². The van der Waals surface area contributed by atoms with Gasteiger partial charge >= 0.3 is 6.18 Å². The summed E-state index contributed by atoms with van der Waals surface area (Å²) in [5, 5.41) is 0. The number of rotatable bonds is 2. The fraction of sp³-hybridized carbons (Fsp3) is 0.444. The first-order chi connectivity index (χ1) is 13.3. The van der Waals surface area contributed by atoms with Crippen molar-refractivity contribution in [2.75, 3.05) is 36.1 Å². The van der Waals surface area contributed by atoms with Crippen molar-refractivity contribution in [1.82, 2.24) is 9.55 Å². The lowest BCUT2D eigenvalue weighted by Gasteiger charge is -2.39. The van der Waals surface area contributed by atoms with Crippen molar-refractivity contribution >= 4 is 17.5 Å². The summed E-state index contributed by atoms with van der Waals surface area (Å²) in [6.45, 7) is 1.75. The van der Waals surface area contributed by atoms with Gasteiger partial charge < -0.3 is 9.64 Å². The standard InChI is InChI=1S/C18H18F4N4O2/c19-12-2-1-3-13(10-12)26-14(18(20,21)22)4-5-25-16(27)11-15(23-17(25)26)24-6-8-28-9-7-24/h1-3,10-11,14H,4-9H2/t14-/m0/s1. The number of halogens is 4. The van der Waals surface area contributed by atoms with Crippen molar-refractivity contribution in [2.45, 2.75) is 25.2 Å². The topological polar surface area (TPSA) is 50.6 Å². The van der Waals surface area contributed by atoms with Gasteiger partial charge in [-0.3, -0.25) is 14.3 Å². The maximum absolute atomic E-state index is 13.8. The van der Waals surface area contributed by atoms with Crippen LogP contribution < -0.4 is 15.4 Å². The van der Waals surface area contributed by atoms with Gasteiger partial charge in [-0.05, 0) is 24.6 Å². The third-order valence-corrected chi connectivity index (χ3v) is 4.93. The van der Waals surface area contributed by atoms with Gasteiger partial charge in [0.2, 0.25) is 5.95 Å². The van der Waals surface area contributed by atoms with Crippen LogP contribution >= 0.6 is 0 Å². The van der Waals surface area contributed by atoms with Gasteiger partial charge in [-0.15, -0.1) is 0 Å². The number of hydrogen-bond acceptors (Lipinski definition) is 5. The molecule has 2 aliphatic rings. The Morgan fingerprint density at radius 1 is 1.11 bits per heavy atom. The van der Waals surface area contributed by atoms with Crippen LogP contribution in [0.3, 0.4) is 0 Å². The van der Waals surface area contributed by atoms with Crippen LogP contribution in [0.15, 0.2) is 35.1 Å². The molecular weight excluding hydrogens is 380 g/mol. The van der Waals surface area contributed by atoms with Crippen LogP contribution in [0.4, 0.5) is 35.0 Å². The first kappa shape index (κ1) is 18.7. The summed E-state index contributed by atoms with van der Waals surface area (Å²) >= 11 is 0. The maximum Gasteiger partial charge on any atom is 0.409 e. The highest BCUT2D eigenvalue weighted by atomic mass is 19.4. The molecule has 3 heterocycles. The summed E-state index contributed by atoms with van der Waals surface area (Å²) in [6.07, 6.45) is -4.89. The smallest absolute Gasteiger partial charge is 0.378 e. The van der Waals surface area contributed by atoms with Crippen LogP contribution in [0, 0.1) is 5.82 Å². The lowest BCUT2D eigenvalue weighted by Crippen LogP contribution is -2.50. The number of hydrogen-bond donors (Lipinski definition) is 0. The molecule has 0 unspecified atom stereocenters. The number of aromatic nitrogens is 2. The second kappa shape index (κ2) is 7.08. The molecule has 28 heavy (non-hydrogen) atoms. The molecule has 0 spiro atoms. The molecule has 4 rings (SSSR count). The fourth-order valence-corrected chi connectivity index (χ4v) is 3.58. The molecule has 6 nitrogen and oxygen atoms in total. The van der Waals surface area contributed by atoms with E-state index in [1.165, 1.54) is 22.8 Å². The summed E-state index contributed by atoms with van der Waals surface area (Å²) < 4.78 is 61.5. The molecule has 10 heteroatoms. The number of ether oxygens (including phenoxy) is 1. The van der Waals surface area contributed by atoms with E-state index in [-0.39, 0.29) is 24.6 Å². The highest BCUT2D eigenvalue weighted by Crippen LogP contribution is 2.39. The fourth-order valence-electron chi connectivity index (χ4n) is 3.58. The molecule has 1 fully saturated rings. The Hall–Kier alpha value is -2.62. The molecule has 0 bridgehead atoms. The van der Waals surface area contributed by atoms with E-state index < -0.39 is 23.6 Å². The zero-order chi connectivity index (χ0) is 19.9. The zero-order valence-electron chi connectivity index (χ0n) is 14.8. The molecule has 2 aliphatic heterocycles. The summed E-state index contributed by atoms with van der Waals surface area (Å²) in [5.74, 6) is -0.501. The predicted molar refractivity (Wildman–Crippen MR) is 94.5 cm³/mol.